The summed E-state index contributed by atoms with van der Waals surface area (Å²) in [5.74, 6) is -0.121. The van der Waals surface area contributed by atoms with Gasteiger partial charge in [0.15, 0.2) is 6.04 Å². The fourth-order valence-electron chi connectivity index (χ4n) is 5.03. The summed E-state index contributed by atoms with van der Waals surface area (Å²) in [5, 5.41) is 0. The van der Waals surface area contributed by atoms with E-state index in [-0.39, 0.29) is 17.9 Å². The smallest absolute Gasteiger partial charge is 0.254 e. The molecule has 7 nitrogen and oxygen atoms in total. The summed E-state index contributed by atoms with van der Waals surface area (Å²) in [4.78, 5) is 38.2. The molecule has 2 aromatic carbocycles. The molecule has 34 heavy (non-hydrogen) atoms. The van der Waals surface area contributed by atoms with Crippen LogP contribution in [0.1, 0.15) is 47.7 Å². The van der Waals surface area contributed by atoms with E-state index < -0.39 is 6.04 Å². The third-order valence-corrected chi connectivity index (χ3v) is 6.86. The van der Waals surface area contributed by atoms with Gasteiger partial charge in [0.2, 0.25) is 0 Å². The lowest BCUT2D eigenvalue weighted by molar-refractivity contribution is -0.137. The lowest BCUT2D eigenvalue weighted by Crippen LogP contribution is -2.54. The van der Waals surface area contributed by atoms with Gasteiger partial charge in [-0.05, 0) is 38.1 Å². The second kappa shape index (κ2) is 9.33. The first-order chi connectivity index (χ1) is 16.5. The number of para-hydroxylation sites is 1. The Hall–Kier alpha value is -3.61. The Balaban J connectivity index is 1.44. The minimum atomic E-state index is -0.662. The van der Waals surface area contributed by atoms with Crippen molar-refractivity contribution in [1.29, 1.82) is 0 Å². The standard InChI is InChI=1S/C27H31N5O2/c1-20(2)32-19-28-23-13-14-31(26(33)21-9-5-3-6-10-21)25(24(23)32)27(34)30-17-15-29(16-18-30)22-11-7-4-8-12-22/h3-12,19-20,25H,13-18H2,1-2H3/t25-/m0/s1. The van der Waals surface area contributed by atoms with Gasteiger partial charge in [-0.1, -0.05) is 36.4 Å². The summed E-state index contributed by atoms with van der Waals surface area (Å²) in [6, 6.07) is 19.0. The van der Waals surface area contributed by atoms with Gasteiger partial charge in [-0.25, -0.2) is 4.98 Å². The van der Waals surface area contributed by atoms with Crippen LogP contribution in [0.4, 0.5) is 5.69 Å². The Kier molecular flexibility index (Phi) is 6.09. The molecule has 1 fully saturated rings. The zero-order valence-corrected chi connectivity index (χ0v) is 19.8. The van der Waals surface area contributed by atoms with Crippen LogP contribution in [0.5, 0.6) is 0 Å². The zero-order valence-electron chi connectivity index (χ0n) is 19.8. The number of carbonyl (C=O) groups excluding carboxylic acids is 2. The maximum Gasteiger partial charge on any atom is 0.254 e. The molecule has 2 amide bonds. The van der Waals surface area contributed by atoms with E-state index in [9.17, 15) is 9.59 Å². The van der Waals surface area contributed by atoms with Gasteiger partial charge in [0.1, 0.15) is 0 Å². The lowest BCUT2D eigenvalue weighted by atomic mass is 9.98. The average molecular weight is 458 g/mol. The normalized spacial score (nSPS) is 18.2. The van der Waals surface area contributed by atoms with Gasteiger partial charge < -0.3 is 19.3 Å². The van der Waals surface area contributed by atoms with Crippen molar-refractivity contribution in [2.45, 2.75) is 32.4 Å². The molecule has 2 aliphatic rings. The molecular weight excluding hydrogens is 426 g/mol. The number of aromatic nitrogens is 2. The molecule has 0 saturated carbocycles. The predicted octanol–water partition coefficient (Wildman–Crippen LogP) is 3.55. The Labute approximate surface area is 200 Å². The highest BCUT2D eigenvalue weighted by Gasteiger charge is 2.42. The van der Waals surface area contributed by atoms with Crippen LogP contribution in [0.3, 0.4) is 0 Å². The van der Waals surface area contributed by atoms with Gasteiger partial charge in [0.25, 0.3) is 11.8 Å². The number of imidazole rings is 1. The van der Waals surface area contributed by atoms with Crippen molar-refractivity contribution in [3.8, 4) is 0 Å². The first-order valence-electron chi connectivity index (χ1n) is 12.0. The summed E-state index contributed by atoms with van der Waals surface area (Å²) >= 11 is 0. The summed E-state index contributed by atoms with van der Waals surface area (Å²) in [7, 11) is 0. The van der Waals surface area contributed by atoms with Gasteiger partial charge in [0.05, 0.1) is 17.7 Å². The van der Waals surface area contributed by atoms with Crippen molar-refractivity contribution in [2.75, 3.05) is 37.6 Å². The molecule has 1 saturated heterocycles. The first-order valence-corrected chi connectivity index (χ1v) is 12.0. The van der Waals surface area contributed by atoms with Crippen molar-refractivity contribution in [3.05, 3.63) is 83.9 Å². The molecule has 0 aliphatic carbocycles. The van der Waals surface area contributed by atoms with E-state index in [0.29, 0.717) is 31.6 Å². The highest BCUT2D eigenvalue weighted by atomic mass is 16.2. The van der Waals surface area contributed by atoms with E-state index in [0.717, 1.165) is 24.5 Å². The number of hydrogen-bond donors (Lipinski definition) is 0. The highest BCUT2D eigenvalue weighted by molar-refractivity contribution is 5.98. The van der Waals surface area contributed by atoms with E-state index >= 15 is 0 Å². The number of hydrogen-bond acceptors (Lipinski definition) is 4. The van der Waals surface area contributed by atoms with Gasteiger partial charge in [-0.3, -0.25) is 9.59 Å². The molecule has 2 aliphatic heterocycles. The molecule has 1 aromatic heterocycles. The van der Waals surface area contributed by atoms with Crippen LogP contribution in [-0.2, 0) is 11.2 Å². The van der Waals surface area contributed by atoms with Crippen LogP contribution in [0.15, 0.2) is 67.0 Å². The molecule has 7 heteroatoms. The average Bonchev–Trinajstić information content (AvgIpc) is 3.33. The van der Waals surface area contributed by atoms with Crippen LogP contribution < -0.4 is 4.90 Å². The molecule has 1 atom stereocenters. The number of rotatable bonds is 4. The number of carbonyl (C=O) groups is 2. The number of piperazine rings is 1. The molecule has 0 spiro atoms. The molecule has 0 bridgehead atoms. The third-order valence-electron chi connectivity index (χ3n) is 6.86. The number of amides is 2. The molecule has 0 N–H and O–H groups in total. The quantitative estimate of drug-likeness (QED) is 0.601. The van der Waals surface area contributed by atoms with E-state index in [2.05, 4.69) is 40.4 Å². The van der Waals surface area contributed by atoms with Gasteiger partial charge >= 0.3 is 0 Å². The second-order valence-corrected chi connectivity index (χ2v) is 9.24. The minimum Gasteiger partial charge on any atom is -0.368 e. The van der Waals surface area contributed by atoms with Crippen LogP contribution in [-0.4, -0.2) is 63.9 Å². The summed E-state index contributed by atoms with van der Waals surface area (Å²) in [6.45, 7) is 7.44. The molecule has 5 rings (SSSR count). The number of anilines is 1. The molecule has 3 heterocycles. The van der Waals surface area contributed by atoms with Crippen LogP contribution in [0.2, 0.25) is 0 Å². The van der Waals surface area contributed by atoms with Gasteiger partial charge in [-0.15, -0.1) is 0 Å². The largest absolute Gasteiger partial charge is 0.368 e. The summed E-state index contributed by atoms with van der Waals surface area (Å²) in [5.41, 5.74) is 3.56. The van der Waals surface area contributed by atoms with E-state index in [4.69, 9.17) is 0 Å². The SMILES string of the molecule is CC(C)n1cnc2c1[C@@H](C(=O)N1CCN(c3ccccc3)CC1)N(C(=O)c1ccccc1)CC2. The maximum absolute atomic E-state index is 14.1. The van der Waals surface area contributed by atoms with E-state index in [1.54, 1.807) is 4.90 Å². The Bertz CT molecular complexity index is 1150. The second-order valence-electron chi connectivity index (χ2n) is 9.24. The predicted molar refractivity (Wildman–Crippen MR) is 132 cm³/mol. The zero-order chi connectivity index (χ0) is 23.7. The molecule has 0 radical (unpaired) electrons. The summed E-state index contributed by atoms with van der Waals surface area (Å²) in [6.07, 6.45) is 2.47. The van der Waals surface area contributed by atoms with Crippen molar-refractivity contribution >= 4 is 17.5 Å². The van der Waals surface area contributed by atoms with Crippen molar-refractivity contribution in [1.82, 2.24) is 19.4 Å². The third kappa shape index (κ3) is 4.06. The molecular formula is C27H31N5O2. The Morgan fingerprint density at radius 1 is 0.882 bits per heavy atom. The number of nitrogens with zero attached hydrogens (tertiary/aromatic N) is 5. The van der Waals surface area contributed by atoms with Crippen molar-refractivity contribution in [3.63, 3.8) is 0 Å². The number of benzene rings is 2. The van der Waals surface area contributed by atoms with Crippen molar-refractivity contribution < 1.29 is 9.59 Å². The number of fused-ring (bicyclic) bond motifs is 1. The van der Waals surface area contributed by atoms with Crippen molar-refractivity contribution in [2.24, 2.45) is 0 Å². The van der Waals surface area contributed by atoms with Crippen LogP contribution >= 0.6 is 0 Å². The molecule has 176 valence electrons. The summed E-state index contributed by atoms with van der Waals surface area (Å²) < 4.78 is 2.06. The molecule has 0 unspecified atom stereocenters. The van der Waals surface area contributed by atoms with Gasteiger partial charge in [0, 0.05) is 56.4 Å². The van der Waals surface area contributed by atoms with Crippen LogP contribution in [0.25, 0.3) is 0 Å². The topological polar surface area (TPSA) is 61.7 Å². The van der Waals surface area contributed by atoms with Crippen LogP contribution in [0, 0.1) is 0 Å². The molecule has 3 aromatic rings. The fraction of sp³-hybridized carbons (Fsp3) is 0.370. The monoisotopic (exact) mass is 457 g/mol. The lowest BCUT2D eigenvalue weighted by Gasteiger charge is -2.41. The van der Waals surface area contributed by atoms with Gasteiger partial charge in [-0.2, -0.15) is 0 Å². The maximum atomic E-state index is 14.1. The minimum absolute atomic E-state index is 0.0136. The Morgan fingerprint density at radius 2 is 1.53 bits per heavy atom. The highest BCUT2D eigenvalue weighted by Crippen LogP contribution is 2.34. The fourth-order valence-corrected chi connectivity index (χ4v) is 5.03. The van der Waals surface area contributed by atoms with E-state index in [1.165, 1.54) is 5.69 Å². The Morgan fingerprint density at radius 3 is 2.18 bits per heavy atom. The first kappa shape index (κ1) is 22.2. The van der Waals surface area contributed by atoms with E-state index in [1.807, 2.05) is 59.8 Å².